The lowest BCUT2D eigenvalue weighted by molar-refractivity contribution is 0.271. The molecule has 0 saturated carbocycles. The van der Waals surface area contributed by atoms with Crippen LogP contribution in [0.5, 0.6) is 0 Å². The quantitative estimate of drug-likeness (QED) is 0.618. The predicted octanol–water partition coefficient (Wildman–Crippen LogP) is 2.41. The monoisotopic (exact) mass is 404 g/mol. The van der Waals surface area contributed by atoms with Crippen molar-refractivity contribution in [2.45, 2.75) is 25.7 Å². The van der Waals surface area contributed by atoms with Crippen LogP contribution >= 0.6 is 0 Å². The molecule has 3 rings (SSSR count). The van der Waals surface area contributed by atoms with Crippen LogP contribution in [-0.2, 0) is 10.0 Å². The minimum absolute atomic E-state index is 0.494. The van der Waals surface area contributed by atoms with Gasteiger partial charge in [-0.25, -0.2) is 12.7 Å². The number of aliphatic imine (C=N–C) groups is 1. The summed E-state index contributed by atoms with van der Waals surface area (Å²) in [5.41, 5.74) is 2.76. The van der Waals surface area contributed by atoms with Crippen LogP contribution in [0.15, 0.2) is 40.9 Å². The van der Waals surface area contributed by atoms with E-state index in [1.165, 1.54) is 17.4 Å². The summed E-state index contributed by atoms with van der Waals surface area (Å²) >= 11 is 0. The van der Waals surface area contributed by atoms with Gasteiger partial charge in [0.1, 0.15) is 0 Å². The molecule has 1 aromatic rings. The molecule has 6 nitrogen and oxygen atoms in total. The highest BCUT2D eigenvalue weighted by molar-refractivity contribution is 7.88. The van der Waals surface area contributed by atoms with Gasteiger partial charge in [-0.2, -0.15) is 0 Å². The maximum atomic E-state index is 11.6. The molecule has 2 aliphatic heterocycles. The Morgan fingerprint density at radius 1 is 1.14 bits per heavy atom. The van der Waals surface area contributed by atoms with Crippen molar-refractivity contribution < 1.29 is 8.42 Å². The molecular weight excluding hydrogens is 372 g/mol. The molecule has 2 heterocycles. The first-order chi connectivity index (χ1) is 13.5. The molecule has 0 bridgehead atoms. The molecule has 0 aromatic heterocycles. The van der Waals surface area contributed by atoms with Crippen molar-refractivity contribution in [3.63, 3.8) is 0 Å². The van der Waals surface area contributed by atoms with Crippen LogP contribution < -0.4 is 5.32 Å². The summed E-state index contributed by atoms with van der Waals surface area (Å²) in [5.74, 6) is 1.46. The van der Waals surface area contributed by atoms with Gasteiger partial charge in [-0.05, 0) is 37.2 Å². The van der Waals surface area contributed by atoms with E-state index in [0.29, 0.717) is 19.0 Å². The molecule has 2 fully saturated rings. The van der Waals surface area contributed by atoms with Crippen molar-refractivity contribution in [3.05, 3.63) is 41.5 Å². The number of sulfonamides is 1. The van der Waals surface area contributed by atoms with E-state index in [1.54, 1.807) is 4.31 Å². The van der Waals surface area contributed by atoms with Gasteiger partial charge in [-0.3, -0.25) is 4.99 Å². The molecule has 0 radical (unpaired) electrons. The van der Waals surface area contributed by atoms with Gasteiger partial charge in [0, 0.05) is 39.8 Å². The Morgan fingerprint density at radius 2 is 1.79 bits per heavy atom. The lowest BCUT2D eigenvalue weighted by atomic mass is 9.98. The molecule has 0 unspecified atom stereocenters. The molecule has 0 spiro atoms. The third-order valence-electron chi connectivity index (χ3n) is 5.68. The van der Waals surface area contributed by atoms with Crippen LogP contribution in [0.3, 0.4) is 0 Å². The lowest BCUT2D eigenvalue weighted by Crippen LogP contribution is -2.47. The molecule has 2 saturated heterocycles. The second-order valence-corrected chi connectivity index (χ2v) is 9.72. The number of hydrogen-bond donors (Lipinski definition) is 1. The number of nitrogens with zero attached hydrogens (tertiary/aromatic N) is 3. The first-order valence-corrected chi connectivity index (χ1v) is 12.0. The number of rotatable bonds is 4. The first kappa shape index (κ1) is 20.9. The van der Waals surface area contributed by atoms with E-state index >= 15 is 0 Å². The van der Waals surface area contributed by atoms with E-state index in [1.807, 2.05) is 13.1 Å². The van der Waals surface area contributed by atoms with E-state index in [-0.39, 0.29) is 0 Å². The highest BCUT2D eigenvalue weighted by Gasteiger charge is 2.25. The van der Waals surface area contributed by atoms with Crippen molar-refractivity contribution in [1.29, 1.82) is 0 Å². The summed E-state index contributed by atoms with van der Waals surface area (Å²) < 4.78 is 24.9. The maximum Gasteiger partial charge on any atom is 0.211 e. The largest absolute Gasteiger partial charge is 0.356 e. The van der Waals surface area contributed by atoms with Crippen LogP contribution in [0.1, 0.15) is 31.2 Å². The van der Waals surface area contributed by atoms with Crippen LogP contribution in [-0.4, -0.2) is 69.6 Å². The summed E-state index contributed by atoms with van der Waals surface area (Å²) in [5, 5.41) is 3.52. The Morgan fingerprint density at radius 3 is 2.36 bits per heavy atom. The van der Waals surface area contributed by atoms with E-state index < -0.39 is 10.0 Å². The van der Waals surface area contributed by atoms with Crippen molar-refractivity contribution in [3.8, 4) is 0 Å². The normalized spacial score (nSPS) is 20.3. The Kier molecular flexibility index (Phi) is 7.13. The second kappa shape index (κ2) is 9.56. The number of likely N-dealkylation sites (tertiary alicyclic amines) is 1. The molecular formula is C21H32N4O2S. The maximum absolute atomic E-state index is 11.6. The molecule has 2 aliphatic rings. The zero-order valence-corrected chi connectivity index (χ0v) is 17.8. The molecule has 0 amide bonds. The third-order valence-corrected chi connectivity index (χ3v) is 6.98. The van der Waals surface area contributed by atoms with Gasteiger partial charge in [-0.15, -0.1) is 0 Å². The molecule has 154 valence electrons. The van der Waals surface area contributed by atoms with Gasteiger partial charge < -0.3 is 10.2 Å². The molecule has 28 heavy (non-hydrogen) atoms. The second-order valence-electron chi connectivity index (χ2n) is 7.73. The number of piperidine rings is 2. The molecule has 0 atom stereocenters. The molecule has 0 aliphatic carbocycles. The van der Waals surface area contributed by atoms with Gasteiger partial charge in [0.15, 0.2) is 5.96 Å². The van der Waals surface area contributed by atoms with Crippen LogP contribution in [0.2, 0.25) is 0 Å². The van der Waals surface area contributed by atoms with E-state index in [0.717, 1.165) is 51.3 Å². The Balaban J connectivity index is 1.45. The molecule has 1 N–H and O–H groups in total. The summed E-state index contributed by atoms with van der Waals surface area (Å²) in [7, 11) is -1.22. The van der Waals surface area contributed by atoms with E-state index in [4.69, 9.17) is 0 Å². The SMILES string of the molecule is CN=C(NCC1CCN(S(C)(=O)=O)CC1)N1CCC(=Cc2ccccc2)CC1. The Bertz CT molecular complexity index is 787. The smallest absolute Gasteiger partial charge is 0.211 e. The minimum Gasteiger partial charge on any atom is -0.356 e. The molecule has 1 aromatic carbocycles. The topological polar surface area (TPSA) is 65.0 Å². The highest BCUT2D eigenvalue weighted by Crippen LogP contribution is 2.21. The summed E-state index contributed by atoms with van der Waals surface area (Å²) in [6, 6.07) is 10.5. The average Bonchev–Trinajstić information content (AvgIpc) is 2.70. The minimum atomic E-state index is -3.05. The predicted molar refractivity (Wildman–Crippen MR) is 116 cm³/mol. The fourth-order valence-electron chi connectivity index (χ4n) is 3.95. The van der Waals surface area contributed by atoms with Crippen LogP contribution in [0.4, 0.5) is 0 Å². The summed E-state index contributed by atoms with van der Waals surface area (Å²) in [6.07, 6.45) is 7.53. The Hall–Kier alpha value is -1.86. The van der Waals surface area contributed by atoms with Gasteiger partial charge in [0.05, 0.1) is 6.26 Å². The van der Waals surface area contributed by atoms with Crippen molar-refractivity contribution in [2.75, 3.05) is 46.0 Å². The van der Waals surface area contributed by atoms with Crippen molar-refractivity contribution >= 4 is 22.1 Å². The molecule has 7 heteroatoms. The van der Waals surface area contributed by atoms with Gasteiger partial charge in [0.25, 0.3) is 0 Å². The lowest BCUT2D eigenvalue weighted by Gasteiger charge is -2.34. The van der Waals surface area contributed by atoms with Crippen molar-refractivity contribution in [2.24, 2.45) is 10.9 Å². The van der Waals surface area contributed by atoms with Gasteiger partial charge in [0.2, 0.25) is 10.0 Å². The van der Waals surface area contributed by atoms with Crippen LogP contribution in [0, 0.1) is 5.92 Å². The zero-order chi connectivity index (χ0) is 20.0. The van der Waals surface area contributed by atoms with E-state index in [2.05, 4.69) is 45.6 Å². The number of hydrogen-bond acceptors (Lipinski definition) is 3. The third kappa shape index (κ3) is 5.82. The average molecular weight is 405 g/mol. The number of guanidine groups is 1. The summed E-state index contributed by atoms with van der Waals surface area (Å²) in [4.78, 5) is 6.79. The first-order valence-electron chi connectivity index (χ1n) is 10.1. The van der Waals surface area contributed by atoms with Gasteiger partial charge in [-0.1, -0.05) is 42.0 Å². The van der Waals surface area contributed by atoms with Gasteiger partial charge >= 0.3 is 0 Å². The number of benzene rings is 1. The highest BCUT2D eigenvalue weighted by atomic mass is 32.2. The summed E-state index contributed by atoms with van der Waals surface area (Å²) in [6.45, 7) is 4.06. The van der Waals surface area contributed by atoms with Crippen molar-refractivity contribution in [1.82, 2.24) is 14.5 Å². The van der Waals surface area contributed by atoms with Crippen LogP contribution in [0.25, 0.3) is 6.08 Å². The van der Waals surface area contributed by atoms with E-state index in [9.17, 15) is 8.42 Å². The standard InChI is InChI=1S/C21H32N4O2S/c1-22-21(23-17-20-10-14-25(15-11-20)28(2,26)27)24-12-8-19(9-13-24)16-18-6-4-3-5-7-18/h3-7,16,20H,8-15,17H2,1-2H3,(H,22,23). The zero-order valence-electron chi connectivity index (χ0n) is 17.0. The number of nitrogens with one attached hydrogen (secondary N) is 1. The Labute approximate surface area is 169 Å². The fourth-order valence-corrected chi connectivity index (χ4v) is 4.82. The fraction of sp³-hybridized carbons (Fsp3) is 0.571.